The summed E-state index contributed by atoms with van der Waals surface area (Å²) in [5.74, 6) is 0.699. The Hall–Kier alpha value is -2.20. The molecule has 0 atom stereocenters. The number of aryl methyl sites for hydroxylation is 1. The second-order valence-corrected chi connectivity index (χ2v) is 7.85. The van der Waals surface area contributed by atoms with E-state index in [1.54, 1.807) is 22.9 Å². The Balaban J connectivity index is 2.29. The predicted molar refractivity (Wildman–Crippen MR) is 96.9 cm³/mol. The van der Waals surface area contributed by atoms with Crippen LogP contribution in [0.25, 0.3) is 0 Å². The Labute approximate surface area is 148 Å². The summed E-state index contributed by atoms with van der Waals surface area (Å²) in [4.78, 5) is 0.231. The first kappa shape index (κ1) is 19.1. The fourth-order valence-electron chi connectivity index (χ4n) is 2.30. The van der Waals surface area contributed by atoms with Crippen molar-refractivity contribution in [1.82, 2.24) is 24.5 Å². The zero-order chi connectivity index (χ0) is 18.4. The van der Waals surface area contributed by atoms with Crippen molar-refractivity contribution in [1.29, 1.82) is 0 Å². The van der Waals surface area contributed by atoms with E-state index in [2.05, 4.69) is 33.1 Å². The number of sulfonamides is 1. The minimum Gasteiger partial charge on any atom is -0.384 e. The summed E-state index contributed by atoms with van der Waals surface area (Å²) in [7, 11) is -0.473. The molecule has 0 bridgehead atoms. The third-order valence-electron chi connectivity index (χ3n) is 3.62. The molecule has 138 valence electrons. The van der Waals surface area contributed by atoms with E-state index in [1.807, 2.05) is 6.92 Å². The van der Waals surface area contributed by atoms with Crippen LogP contribution < -0.4 is 10.6 Å². The number of nitrogens with one attached hydrogen (secondary N) is 2. The van der Waals surface area contributed by atoms with E-state index >= 15 is 0 Å². The van der Waals surface area contributed by atoms with Crippen LogP contribution in [0.2, 0.25) is 0 Å². The van der Waals surface area contributed by atoms with Gasteiger partial charge in [-0.1, -0.05) is 6.92 Å². The number of hydrogen-bond donors (Lipinski definition) is 2. The summed E-state index contributed by atoms with van der Waals surface area (Å²) in [6.45, 7) is 5.89. The smallest absolute Gasteiger partial charge is 0.242 e. The maximum absolute atomic E-state index is 12.4. The SMILES string of the molecule is CCCn1nnnc1CNc1cc(S(=O)(=O)N(C)C)ccc1NCC. The quantitative estimate of drug-likeness (QED) is 0.690. The van der Waals surface area contributed by atoms with Crippen LogP contribution in [0.3, 0.4) is 0 Å². The zero-order valence-electron chi connectivity index (χ0n) is 15.0. The highest BCUT2D eigenvalue weighted by molar-refractivity contribution is 7.89. The molecule has 2 rings (SSSR count). The highest BCUT2D eigenvalue weighted by atomic mass is 32.2. The molecule has 0 unspecified atom stereocenters. The van der Waals surface area contributed by atoms with Gasteiger partial charge >= 0.3 is 0 Å². The van der Waals surface area contributed by atoms with Gasteiger partial charge in [0, 0.05) is 27.2 Å². The summed E-state index contributed by atoms with van der Waals surface area (Å²) in [5, 5.41) is 18.1. The summed E-state index contributed by atoms with van der Waals surface area (Å²) < 4.78 is 27.7. The van der Waals surface area contributed by atoms with Gasteiger partial charge in [0.15, 0.2) is 5.82 Å². The molecule has 10 heteroatoms. The average molecular weight is 367 g/mol. The second-order valence-electron chi connectivity index (χ2n) is 5.70. The predicted octanol–water partition coefficient (Wildman–Crippen LogP) is 1.38. The van der Waals surface area contributed by atoms with E-state index in [9.17, 15) is 8.42 Å². The molecule has 0 aliphatic rings. The molecule has 0 saturated carbocycles. The van der Waals surface area contributed by atoms with Gasteiger partial charge in [0.25, 0.3) is 0 Å². The minimum atomic E-state index is -3.50. The van der Waals surface area contributed by atoms with Crippen molar-refractivity contribution in [3.8, 4) is 0 Å². The molecule has 1 aromatic carbocycles. The normalized spacial score (nSPS) is 11.7. The lowest BCUT2D eigenvalue weighted by Crippen LogP contribution is -2.22. The third-order valence-corrected chi connectivity index (χ3v) is 5.43. The van der Waals surface area contributed by atoms with Crippen LogP contribution >= 0.6 is 0 Å². The number of aromatic nitrogens is 4. The van der Waals surface area contributed by atoms with E-state index in [-0.39, 0.29) is 4.90 Å². The molecule has 9 nitrogen and oxygen atoms in total. The molecular weight excluding hydrogens is 342 g/mol. The lowest BCUT2D eigenvalue weighted by atomic mass is 10.2. The molecule has 2 aromatic rings. The highest BCUT2D eigenvalue weighted by Gasteiger charge is 2.19. The third kappa shape index (κ3) is 4.45. The van der Waals surface area contributed by atoms with Gasteiger partial charge in [0.05, 0.1) is 22.8 Å². The Morgan fingerprint density at radius 2 is 1.92 bits per heavy atom. The minimum absolute atomic E-state index is 0.231. The van der Waals surface area contributed by atoms with Crippen LogP contribution in [0, 0.1) is 0 Å². The average Bonchev–Trinajstić information content (AvgIpc) is 3.01. The van der Waals surface area contributed by atoms with Crippen LogP contribution in [0.5, 0.6) is 0 Å². The lowest BCUT2D eigenvalue weighted by molar-refractivity contribution is 0.521. The van der Waals surface area contributed by atoms with Gasteiger partial charge in [-0.25, -0.2) is 17.4 Å². The summed E-state index contributed by atoms with van der Waals surface area (Å²) in [6, 6.07) is 4.98. The molecular formula is C15H25N7O2S. The van der Waals surface area contributed by atoms with E-state index in [4.69, 9.17) is 0 Å². The first-order chi connectivity index (χ1) is 11.9. The van der Waals surface area contributed by atoms with Crippen LogP contribution in [-0.4, -0.2) is 53.6 Å². The van der Waals surface area contributed by atoms with E-state index < -0.39 is 10.0 Å². The van der Waals surface area contributed by atoms with Crippen LogP contribution in [0.4, 0.5) is 11.4 Å². The molecule has 0 spiro atoms. The maximum Gasteiger partial charge on any atom is 0.242 e. The molecule has 0 aliphatic carbocycles. The largest absolute Gasteiger partial charge is 0.384 e. The van der Waals surface area contributed by atoms with E-state index in [0.29, 0.717) is 18.1 Å². The second kappa shape index (κ2) is 8.26. The Bertz CT molecular complexity index is 802. The monoisotopic (exact) mass is 367 g/mol. The van der Waals surface area contributed by atoms with E-state index in [1.165, 1.54) is 18.4 Å². The Morgan fingerprint density at radius 3 is 2.56 bits per heavy atom. The molecule has 25 heavy (non-hydrogen) atoms. The highest BCUT2D eigenvalue weighted by Crippen LogP contribution is 2.27. The van der Waals surface area contributed by atoms with Gasteiger partial charge in [-0.2, -0.15) is 0 Å². The number of hydrogen-bond acceptors (Lipinski definition) is 7. The fraction of sp³-hybridized carbons (Fsp3) is 0.533. The lowest BCUT2D eigenvalue weighted by Gasteiger charge is -2.16. The summed E-state index contributed by atoms with van der Waals surface area (Å²) in [6.07, 6.45) is 0.928. The van der Waals surface area contributed by atoms with Crippen molar-refractivity contribution in [2.24, 2.45) is 0 Å². The molecule has 1 heterocycles. The van der Waals surface area contributed by atoms with E-state index in [0.717, 1.165) is 25.2 Å². The molecule has 2 N–H and O–H groups in total. The Morgan fingerprint density at radius 1 is 1.16 bits per heavy atom. The molecule has 0 radical (unpaired) electrons. The number of anilines is 2. The Kier molecular flexibility index (Phi) is 6.32. The van der Waals surface area contributed by atoms with Crippen molar-refractivity contribution < 1.29 is 8.42 Å². The summed E-state index contributed by atoms with van der Waals surface area (Å²) >= 11 is 0. The first-order valence-corrected chi connectivity index (χ1v) is 9.63. The van der Waals surface area contributed by atoms with Crippen LogP contribution in [0.15, 0.2) is 23.1 Å². The molecule has 1 aromatic heterocycles. The van der Waals surface area contributed by atoms with Gasteiger partial charge in [-0.05, 0) is 42.0 Å². The molecule has 0 fully saturated rings. The summed E-state index contributed by atoms with van der Waals surface area (Å²) in [5.41, 5.74) is 1.52. The number of rotatable bonds is 9. The number of benzene rings is 1. The topological polar surface area (TPSA) is 105 Å². The van der Waals surface area contributed by atoms with Crippen LogP contribution in [-0.2, 0) is 23.1 Å². The molecule has 0 saturated heterocycles. The fourth-order valence-corrected chi connectivity index (χ4v) is 3.22. The molecule has 0 amide bonds. The van der Waals surface area contributed by atoms with Crippen LogP contribution in [0.1, 0.15) is 26.1 Å². The maximum atomic E-state index is 12.4. The van der Waals surface area contributed by atoms with Gasteiger partial charge in [-0.3, -0.25) is 0 Å². The van der Waals surface area contributed by atoms with Crippen molar-refractivity contribution in [3.05, 3.63) is 24.0 Å². The first-order valence-electron chi connectivity index (χ1n) is 8.19. The van der Waals surface area contributed by atoms with Gasteiger partial charge in [-0.15, -0.1) is 5.10 Å². The van der Waals surface area contributed by atoms with Gasteiger partial charge in [0.2, 0.25) is 10.0 Å². The van der Waals surface area contributed by atoms with Crippen molar-refractivity contribution in [2.45, 2.75) is 38.3 Å². The van der Waals surface area contributed by atoms with Crippen molar-refractivity contribution in [3.63, 3.8) is 0 Å². The number of tetrazole rings is 1. The number of nitrogens with zero attached hydrogens (tertiary/aromatic N) is 5. The van der Waals surface area contributed by atoms with Gasteiger partial charge < -0.3 is 10.6 Å². The van der Waals surface area contributed by atoms with Crippen molar-refractivity contribution >= 4 is 21.4 Å². The zero-order valence-corrected chi connectivity index (χ0v) is 15.8. The van der Waals surface area contributed by atoms with Crippen molar-refractivity contribution in [2.75, 3.05) is 31.3 Å². The standard InChI is InChI=1S/C15H25N7O2S/c1-5-9-22-15(18-19-20-22)11-17-14-10-12(25(23,24)21(3)4)7-8-13(14)16-6-2/h7-8,10,16-17H,5-6,9,11H2,1-4H3. The van der Waals surface area contributed by atoms with Gasteiger partial charge in [0.1, 0.15) is 0 Å². The molecule has 0 aliphatic heterocycles.